The summed E-state index contributed by atoms with van der Waals surface area (Å²) in [5.74, 6) is 0.770. The van der Waals surface area contributed by atoms with Crippen LogP contribution in [-0.4, -0.2) is 37.6 Å². The molecule has 1 saturated heterocycles. The van der Waals surface area contributed by atoms with E-state index < -0.39 is 0 Å². The molecular formula is C20H25N3O2. The summed E-state index contributed by atoms with van der Waals surface area (Å²) in [7, 11) is 1.66. The molecule has 0 bridgehead atoms. The summed E-state index contributed by atoms with van der Waals surface area (Å²) in [6.45, 7) is 2.65. The number of nitrogens with one attached hydrogen (secondary N) is 1. The van der Waals surface area contributed by atoms with Crippen LogP contribution in [-0.2, 0) is 6.42 Å². The van der Waals surface area contributed by atoms with Gasteiger partial charge in [0.05, 0.1) is 24.6 Å². The highest BCUT2D eigenvalue weighted by atomic mass is 16.5. The maximum atomic E-state index is 12.4. The van der Waals surface area contributed by atoms with Gasteiger partial charge in [0.15, 0.2) is 0 Å². The molecule has 5 nitrogen and oxygen atoms in total. The first-order valence-electron chi connectivity index (χ1n) is 8.88. The van der Waals surface area contributed by atoms with E-state index in [1.165, 1.54) is 19.3 Å². The Morgan fingerprint density at radius 2 is 2.00 bits per heavy atom. The molecule has 3 rings (SSSR count). The van der Waals surface area contributed by atoms with E-state index in [2.05, 4.69) is 15.2 Å². The summed E-state index contributed by atoms with van der Waals surface area (Å²) in [5, 5.41) is 2.98. The molecule has 1 amide bonds. The third-order valence-electron chi connectivity index (χ3n) is 4.58. The number of hydrogen-bond donors (Lipinski definition) is 1. The van der Waals surface area contributed by atoms with Crippen molar-refractivity contribution in [3.05, 3.63) is 53.9 Å². The van der Waals surface area contributed by atoms with Crippen LogP contribution >= 0.6 is 0 Å². The number of pyridine rings is 1. The van der Waals surface area contributed by atoms with Crippen LogP contribution < -0.4 is 15.0 Å². The van der Waals surface area contributed by atoms with Crippen LogP contribution in [0.25, 0.3) is 0 Å². The second kappa shape index (κ2) is 8.51. The average Bonchev–Trinajstić information content (AvgIpc) is 2.69. The van der Waals surface area contributed by atoms with Crippen molar-refractivity contribution in [2.45, 2.75) is 25.7 Å². The van der Waals surface area contributed by atoms with Crippen molar-refractivity contribution in [1.82, 2.24) is 10.3 Å². The van der Waals surface area contributed by atoms with E-state index in [1.54, 1.807) is 13.3 Å². The molecule has 1 aromatic heterocycles. The Morgan fingerprint density at radius 1 is 1.20 bits per heavy atom. The fourth-order valence-corrected chi connectivity index (χ4v) is 3.20. The van der Waals surface area contributed by atoms with Crippen molar-refractivity contribution in [3.63, 3.8) is 0 Å². The van der Waals surface area contributed by atoms with Crippen molar-refractivity contribution >= 4 is 11.6 Å². The summed E-state index contributed by atoms with van der Waals surface area (Å²) in [6, 6.07) is 9.81. The Balaban J connectivity index is 1.58. The standard InChI is InChI=1S/C20H25N3O2/c1-25-19-8-4-3-7-16(19)9-10-22-20(24)17-13-18(15-21-14-17)23-11-5-2-6-12-23/h3-4,7-8,13-15H,2,5-6,9-12H2,1H3,(H,22,24). The van der Waals surface area contributed by atoms with Crippen LogP contribution in [0.2, 0.25) is 0 Å². The highest BCUT2D eigenvalue weighted by Gasteiger charge is 2.14. The molecule has 132 valence electrons. The van der Waals surface area contributed by atoms with Crippen molar-refractivity contribution in [2.24, 2.45) is 0 Å². The van der Waals surface area contributed by atoms with Crippen LogP contribution in [0.4, 0.5) is 5.69 Å². The Morgan fingerprint density at radius 3 is 2.80 bits per heavy atom. The average molecular weight is 339 g/mol. The number of nitrogens with zero attached hydrogens (tertiary/aromatic N) is 2. The minimum atomic E-state index is -0.0822. The van der Waals surface area contributed by atoms with Gasteiger partial charge in [-0.05, 0) is 43.4 Å². The van der Waals surface area contributed by atoms with E-state index in [-0.39, 0.29) is 5.91 Å². The normalized spacial score (nSPS) is 14.2. The summed E-state index contributed by atoms with van der Waals surface area (Å²) < 4.78 is 5.34. The largest absolute Gasteiger partial charge is 0.496 e. The summed E-state index contributed by atoms with van der Waals surface area (Å²) >= 11 is 0. The van der Waals surface area contributed by atoms with Crippen LogP contribution in [0.1, 0.15) is 35.2 Å². The van der Waals surface area contributed by atoms with Gasteiger partial charge >= 0.3 is 0 Å². The van der Waals surface area contributed by atoms with E-state index in [0.717, 1.165) is 36.5 Å². The summed E-state index contributed by atoms with van der Waals surface area (Å²) in [5.41, 5.74) is 2.74. The van der Waals surface area contributed by atoms with E-state index in [0.29, 0.717) is 12.1 Å². The lowest BCUT2D eigenvalue weighted by atomic mass is 10.1. The lowest BCUT2D eigenvalue weighted by molar-refractivity contribution is 0.0953. The highest BCUT2D eigenvalue weighted by molar-refractivity contribution is 5.94. The Bertz CT molecular complexity index is 712. The van der Waals surface area contributed by atoms with Crippen LogP contribution in [0, 0.1) is 0 Å². The van der Waals surface area contributed by atoms with Gasteiger partial charge in [0.2, 0.25) is 0 Å². The zero-order valence-corrected chi connectivity index (χ0v) is 14.7. The van der Waals surface area contributed by atoms with Gasteiger partial charge in [-0.25, -0.2) is 0 Å². The van der Waals surface area contributed by atoms with E-state index in [1.807, 2.05) is 36.5 Å². The van der Waals surface area contributed by atoms with Crippen LogP contribution in [0.15, 0.2) is 42.7 Å². The molecule has 1 N–H and O–H groups in total. The number of piperidine rings is 1. The van der Waals surface area contributed by atoms with Crippen molar-refractivity contribution in [2.75, 3.05) is 31.6 Å². The highest BCUT2D eigenvalue weighted by Crippen LogP contribution is 2.20. The predicted molar refractivity (Wildman–Crippen MR) is 99.3 cm³/mol. The van der Waals surface area contributed by atoms with Crippen molar-refractivity contribution in [3.8, 4) is 5.75 Å². The van der Waals surface area contributed by atoms with Gasteiger partial charge in [0, 0.05) is 25.8 Å². The van der Waals surface area contributed by atoms with Gasteiger partial charge < -0.3 is 15.0 Å². The number of anilines is 1. The minimum Gasteiger partial charge on any atom is -0.496 e. The molecule has 2 heterocycles. The van der Waals surface area contributed by atoms with Gasteiger partial charge in [-0.2, -0.15) is 0 Å². The second-order valence-corrected chi connectivity index (χ2v) is 6.30. The first-order chi connectivity index (χ1) is 12.3. The molecule has 0 spiro atoms. The molecule has 2 aromatic rings. The van der Waals surface area contributed by atoms with Crippen LogP contribution in [0.3, 0.4) is 0 Å². The molecule has 1 aliphatic rings. The Kier molecular flexibility index (Phi) is 5.88. The molecule has 1 fully saturated rings. The fourth-order valence-electron chi connectivity index (χ4n) is 3.20. The monoisotopic (exact) mass is 339 g/mol. The Hall–Kier alpha value is -2.56. The number of carbonyl (C=O) groups is 1. The lowest BCUT2D eigenvalue weighted by Gasteiger charge is -2.28. The minimum absolute atomic E-state index is 0.0822. The van der Waals surface area contributed by atoms with Crippen LogP contribution in [0.5, 0.6) is 5.75 Å². The van der Waals surface area contributed by atoms with Gasteiger partial charge in [-0.3, -0.25) is 9.78 Å². The van der Waals surface area contributed by atoms with Gasteiger partial charge in [0.1, 0.15) is 5.75 Å². The van der Waals surface area contributed by atoms with Gasteiger partial charge in [-0.1, -0.05) is 18.2 Å². The molecule has 25 heavy (non-hydrogen) atoms. The SMILES string of the molecule is COc1ccccc1CCNC(=O)c1cncc(N2CCCCC2)c1. The van der Waals surface area contributed by atoms with Crippen molar-refractivity contribution < 1.29 is 9.53 Å². The number of ether oxygens (including phenoxy) is 1. The van der Waals surface area contributed by atoms with E-state index in [9.17, 15) is 4.79 Å². The molecule has 0 saturated carbocycles. The van der Waals surface area contributed by atoms with Crippen molar-refractivity contribution in [1.29, 1.82) is 0 Å². The smallest absolute Gasteiger partial charge is 0.252 e. The number of aromatic nitrogens is 1. The predicted octanol–water partition coefficient (Wildman–Crippen LogP) is 3.05. The molecule has 0 unspecified atom stereocenters. The second-order valence-electron chi connectivity index (χ2n) is 6.30. The third-order valence-corrected chi connectivity index (χ3v) is 4.58. The molecule has 1 aliphatic heterocycles. The number of methoxy groups -OCH3 is 1. The molecule has 5 heteroatoms. The molecule has 0 atom stereocenters. The summed E-state index contributed by atoms with van der Waals surface area (Å²) in [4.78, 5) is 19.0. The number of para-hydroxylation sites is 1. The fraction of sp³-hybridized carbons (Fsp3) is 0.400. The summed E-state index contributed by atoms with van der Waals surface area (Å²) in [6.07, 6.45) is 7.90. The molecule has 0 radical (unpaired) electrons. The molecular weight excluding hydrogens is 314 g/mol. The van der Waals surface area contributed by atoms with E-state index in [4.69, 9.17) is 4.74 Å². The maximum Gasteiger partial charge on any atom is 0.252 e. The lowest BCUT2D eigenvalue weighted by Crippen LogP contribution is -2.30. The zero-order valence-electron chi connectivity index (χ0n) is 14.7. The number of benzene rings is 1. The number of amides is 1. The van der Waals surface area contributed by atoms with Gasteiger partial charge in [0.25, 0.3) is 5.91 Å². The number of rotatable bonds is 6. The molecule has 1 aromatic carbocycles. The topological polar surface area (TPSA) is 54.5 Å². The third kappa shape index (κ3) is 4.50. The molecule has 0 aliphatic carbocycles. The first-order valence-corrected chi connectivity index (χ1v) is 8.88. The van der Waals surface area contributed by atoms with Gasteiger partial charge in [-0.15, -0.1) is 0 Å². The van der Waals surface area contributed by atoms with E-state index >= 15 is 0 Å². The quantitative estimate of drug-likeness (QED) is 0.879. The Labute approximate surface area is 149 Å². The first kappa shape index (κ1) is 17.3. The number of carbonyl (C=O) groups excluding carboxylic acids is 1. The maximum absolute atomic E-state index is 12.4. The zero-order chi connectivity index (χ0) is 17.5. The number of hydrogen-bond acceptors (Lipinski definition) is 4.